The predicted molar refractivity (Wildman–Crippen MR) is 131 cm³/mol. The Hall–Kier alpha value is -2.40. The molecular formula is C27H33NO3S. The van der Waals surface area contributed by atoms with Crippen molar-refractivity contribution >= 4 is 29.4 Å². The molecule has 1 aliphatic rings. The molecule has 170 valence electrons. The molecule has 2 aromatic rings. The van der Waals surface area contributed by atoms with Crippen LogP contribution in [0.2, 0.25) is 0 Å². The first-order chi connectivity index (χ1) is 15.2. The van der Waals surface area contributed by atoms with Gasteiger partial charge in [0.15, 0.2) is 0 Å². The van der Waals surface area contributed by atoms with E-state index < -0.39 is 22.6 Å². The second kappa shape index (κ2) is 10.0. The Morgan fingerprint density at radius 1 is 0.969 bits per heavy atom. The summed E-state index contributed by atoms with van der Waals surface area (Å²) in [7, 11) is 0. The van der Waals surface area contributed by atoms with E-state index in [1.807, 2.05) is 43.3 Å². The van der Waals surface area contributed by atoms with Gasteiger partial charge in [-0.15, -0.1) is 12.6 Å². The van der Waals surface area contributed by atoms with E-state index in [1.54, 1.807) is 18.7 Å². The van der Waals surface area contributed by atoms with E-state index in [1.165, 1.54) is 0 Å². The normalized spacial score (nSPS) is 19.1. The van der Waals surface area contributed by atoms with Crippen molar-refractivity contribution in [3.8, 4) is 0 Å². The Kier molecular flexibility index (Phi) is 7.60. The molecule has 1 atom stereocenters. The predicted octanol–water partition coefficient (Wildman–Crippen LogP) is 5.42. The van der Waals surface area contributed by atoms with Crippen molar-refractivity contribution in [3.05, 3.63) is 71.8 Å². The van der Waals surface area contributed by atoms with Crippen LogP contribution in [0.4, 0.5) is 0 Å². The number of carbonyl (C=O) groups excluding carboxylic acids is 3. The van der Waals surface area contributed by atoms with Crippen molar-refractivity contribution in [2.75, 3.05) is 6.54 Å². The van der Waals surface area contributed by atoms with Crippen molar-refractivity contribution in [3.63, 3.8) is 0 Å². The number of ketones is 1. The van der Waals surface area contributed by atoms with E-state index in [4.69, 9.17) is 0 Å². The average molecular weight is 452 g/mol. The van der Waals surface area contributed by atoms with E-state index in [0.29, 0.717) is 25.8 Å². The summed E-state index contributed by atoms with van der Waals surface area (Å²) in [5, 5.41) is -0.343. The molecule has 3 rings (SSSR count). The molecule has 1 amide bonds. The highest BCUT2D eigenvalue weighted by Gasteiger charge is 2.50. The molecule has 0 N–H and O–H groups in total. The monoisotopic (exact) mass is 451 g/mol. The highest BCUT2D eigenvalue weighted by atomic mass is 32.1. The van der Waals surface area contributed by atoms with E-state index in [0.717, 1.165) is 24.0 Å². The van der Waals surface area contributed by atoms with Crippen LogP contribution in [0.25, 0.3) is 0 Å². The van der Waals surface area contributed by atoms with Gasteiger partial charge < -0.3 is 4.90 Å². The number of rotatable bonds is 8. The van der Waals surface area contributed by atoms with E-state index >= 15 is 0 Å². The van der Waals surface area contributed by atoms with Crippen LogP contribution in [0, 0.1) is 5.41 Å². The van der Waals surface area contributed by atoms with Crippen LogP contribution in [0.15, 0.2) is 60.7 Å². The Bertz CT molecular complexity index is 918. The minimum Gasteiger partial charge on any atom is -0.322 e. The maximum atomic E-state index is 13.5. The molecule has 32 heavy (non-hydrogen) atoms. The topological polar surface area (TPSA) is 54.5 Å². The summed E-state index contributed by atoms with van der Waals surface area (Å²) in [6.45, 7) is 5.88. The van der Waals surface area contributed by atoms with Crippen LogP contribution in [-0.4, -0.2) is 33.8 Å². The lowest BCUT2D eigenvalue weighted by Crippen LogP contribution is -2.61. The fraction of sp³-hybridized carbons (Fsp3) is 0.444. The quantitative estimate of drug-likeness (QED) is 0.431. The number of piperidine rings is 1. The fourth-order valence-electron chi connectivity index (χ4n) is 4.56. The number of hydrogen-bond donors (Lipinski definition) is 1. The van der Waals surface area contributed by atoms with Crippen molar-refractivity contribution in [2.45, 2.75) is 64.3 Å². The first-order valence-electron chi connectivity index (χ1n) is 11.4. The Labute approximate surface area is 196 Å². The SMILES string of the molecule is CCC(C)(C)C(=O)C(=O)N1CCCCC1(CC(c1ccccc1)c1ccccc1)C(=O)S. The van der Waals surface area contributed by atoms with Crippen LogP contribution in [0.3, 0.4) is 0 Å². The Morgan fingerprint density at radius 2 is 1.50 bits per heavy atom. The number of amides is 1. The van der Waals surface area contributed by atoms with Crippen LogP contribution < -0.4 is 0 Å². The molecule has 1 saturated heterocycles. The molecule has 2 aromatic carbocycles. The maximum Gasteiger partial charge on any atom is 0.291 e. The van der Waals surface area contributed by atoms with Gasteiger partial charge >= 0.3 is 0 Å². The standard InChI is InChI=1S/C27H33NO3S/c1-4-26(2,3)23(29)24(30)28-18-12-11-17-27(28,25(31)32)19-22(20-13-7-5-8-14-20)21-15-9-6-10-16-21/h5-10,13-16,22H,4,11-12,17-19H2,1-3H3,(H,31,32). The van der Waals surface area contributed by atoms with Crippen molar-refractivity contribution in [1.82, 2.24) is 4.90 Å². The van der Waals surface area contributed by atoms with Gasteiger partial charge in [-0.05, 0) is 43.2 Å². The average Bonchev–Trinajstić information content (AvgIpc) is 2.82. The van der Waals surface area contributed by atoms with Crippen LogP contribution in [0.5, 0.6) is 0 Å². The summed E-state index contributed by atoms with van der Waals surface area (Å²) in [5.74, 6) is -1.09. The third-order valence-electron chi connectivity index (χ3n) is 7.02. The van der Waals surface area contributed by atoms with Gasteiger partial charge in [-0.25, -0.2) is 0 Å². The van der Waals surface area contributed by atoms with Gasteiger partial charge in [0, 0.05) is 17.9 Å². The molecule has 0 aromatic heterocycles. The molecule has 1 aliphatic heterocycles. The molecular weight excluding hydrogens is 418 g/mol. The van der Waals surface area contributed by atoms with Crippen LogP contribution in [-0.2, 0) is 14.4 Å². The van der Waals surface area contributed by atoms with Gasteiger partial charge in [0.05, 0.1) is 0 Å². The maximum absolute atomic E-state index is 13.5. The van der Waals surface area contributed by atoms with E-state index in [2.05, 4.69) is 36.9 Å². The molecule has 1 heterocycles. The molecule has 5 heteroatoms. The van der Waals surface area contributed by atoms with Crippen molar-refractivity contribution in [1.29, 1.82) is 0 Å². The summed E-state index contributed by atoms with van der Waals surface area (Å²) >= 11 is 4.30. The lowest BCUT2D eigenvalue weighted by molar-refractivity contribution is -0.157. The molecule has 1 fully saturated rings. The summed E-state index contributed by atoms with van der Waals surface area (Å²) in [4.78, 5) is 41.3. The molecule has 0 spiro atoms. The summed E-state index contributed by atoms with van der Waals surface area (Å²) in [5.41, 5.74) is 0.267. The Balaban J connectivity index is 2.07. The highest BCUT2D eigenvalue weighted by Crippen LogP contribution is 2.42. The molecule has 1 unspecified atom stereocenters. The van der Waals surface area contributed by atoms with Gasteiger partial charge in [-0.2, -0.15) is 0 Å². The Morgan fingerprint density at radius 3 is 1.97 bits per heavy atom. The largest absolute Gasteiger partial charge is 0.322 e. The minimum absolute atomic E-state index is 0.101. The first-order valence-corrected chi connectivity index (χ1v) is 11.9. The summed E-state index contributed by atoms with van der Waals surface area (Å²) < 4.78 is 0. The third-order valence-corrected chi connectivity index (χ3v) is 7.44. The number of benzene rings is 2. The zero-order valence-electron chi connectivity index (χ0n) is 19.2. The highest BCUT2D eigenvalue weighted by molar-refractivity contribution is 7.96. The van der Waals surface area contributed by atoms with Crippen LogP contribution in [0.1, 0.15) is 69.9 Å². The van der Waals surface area contributed by atoms with E-state index in [-0.39, 0.29) is 11.0 Å². The number of hydrogen-bond acceptors (Lipinski definition) is 3. The smallest absolute Gasteiger partial charge is 0.291 e. The lowest BCUT2D eigenvalue weighted by atomic mass is 9.74. The van der Waals surface area contributed by atoms with Gasteiger partial charge in [0.1, 0.15) is 5.54 Å². The molecule has 0 bridgehead atoms. The molecule has 0 radical (unpaired) electrons. The third kappa shape index (κ3) is 4.83. The van der Waals surface area contributed by atoms with Crippen molar-refractivity contribution in [2.24, 2.45) is 5.41 Å². The number of carbonyl (C=O) groups is 3. The zero-order valence-corrected chi connectivity index (χ0v) is 20.1. The summed E-state index contributed by atoms with van der Waals surface area (Å²) in [6, 6.07) is 20.1. The number of nitrogens with zero attached hydrogens (tertiary/aromatic N) is 1. The van der Waals surface area contributed by atoms with Crippen LogP contribution >= 0.6 is 12.6 Å². The molecule has 0 aliphatic carbocycles. The second-order valence-electron chi connectivity index (χ2n) is 9.40. The van der Waals surface area contributed by atoms with Gasteiger partial charge in [0.25, 0.3) is 5.91 Å². The zero-order chi connectivity index (χ0) is 23.4. The lowest BCUT2D eigenvalue weighted by Gasteiger charge is -2.47. The first kappa shape index (κ1) is 24.2. The van der Waals surface area contributed by atoms with Gasteiger partial charge in [-0.1, -0.05) is 81.4 Å². The number of thiol groups is 1. The van der Waals surface area contributed by atoms with Gasteiger partial charge in [0.2, 0.25) is 10.9 Å². The second-order valence-corrected chi connectivity index (χ2v) is 9.80. The number of likely N-dealkylation sites (tertiary alicyclic amines) is 1. The van der Waals surface area contributed by atoms with Gasteiger partial charge in [-0.3, -0.25) is 14.4 Å². The van der Waals surface area contributed by atoms with E-state index in [9.17, 15) is 14.4 Å². The summed E-state index contributed by atoms with van der Waals surface area (Å²) in [6.07, 6.45) is 3.06. The molecule has 0 saturated carbocycles. The fourth-order valence-corrected chi connectivity index (χ4v) is 4.89. The molecule has 4 nitrogen and oxygen atoms in total. The minimum atomic E-state index is -1.12. The van der Waals surface area contributed by atoms with Crippen molar-refractivity contribution < 1.29 is 14.4 Å². The number of Topliss-reactive ketones (excluding diaryl/α,β-unsaturated/α-hetero) is 1.